The summed E-state index contributed by atoms with van der Waals surface area (Å²) in [4.78, 5) is 0. The predicted octanol–water partition coefficient (Wildman–Crippen LogP) is 4.41. The van der Waals surface area contributed by atoms with Gasteiger partial charge in [-0.1, -0.05) is 36.2 Å². The van der Waals surface area contributed by atoms with Gasteiger partial charge in [0.1, 0.15) is 18.4 Å². The Morgan fingerprint density at radius 3 is 2.47 bits per heavy atom. The van der Waals surface area contributed by atoms with Gasteiger partial charge in [0.25, 0.3) is 5.82 Å². The molecule has 0 bridgehead atoms. The number of nitrogens with zero attached hydrogens (tertiary/aromatic N) is 2. The molecule has 2 nitrogen and oxygen atoms in total. The maximum absolute atomic E-state index is 6.29. The van der Waals surface area contributed by atoms with Crippen LogP contribution in [-0.2, 0) is 6.54 Å². The number of hydrogen-bond acceptors (Lipinski definition) is 0. The monoisotopic (exact) mass is 297 g/mol. The van der Waals surface area contributed by atoms with Crippen molar-refractivity contribution in [1.29, 1.82) is 0 Å². The number of imidazole rings is 1. The lowest BCUT2D eigenvalue weighted by atomic mass is 10.1. The molecule has 102 valence electrons. The van der Waals surface area contributed by atoms with Gasteiger partial charge < -0.3 is 0 Å². The summed E-state index contributed by atoms with van der Waals surface area (Å²) >= 11 is 12.6. The summed E-state index contributed by atoms with van der Waals surface area (Å²) in [5.74, 6) is 1.21. The summed E-state index contributed by atoms with van der Waals surface area (Å²) < 4.78 is 4.46. The van der Waals surface area contributed by atoms with Gasteiger partial charge in [-0.3, -0.25) is 0 Å². The lowest BCUT2D eigenvalue weighted by Gasteiger charge is -2.13. The van der Waals surface area contributed by atoms with Crippen LogP contribution in [0, 0.1) is 6.92 Å². The van der Waals surface area contributed by atoms with Crippen LogP contribution in [0.1, 0.15) is 37.7 Å². The molecular weight excluding hydrogens is 279 g/mol. The molecule has 0 aliphatic carbocycles. The van der Waals surface area contributed by atoms with Crippen molar-refractivity contribution < 1.29 is 4.57 Å². The van der Waals surface area contributed by atoms with Crippen molar-refractivity contribution in [1.82, 2.24) is 4.57 Å². The number of aromatic nitrogens is 2. The van der Waals surface area contributed by atoms with Gasteiger partial charge in [-0.15, -0.1) is 0 Å². The molecule has 0 radical (unpaired) electrons. The zero-order valence-electron chi connectivity index (χ0n) is 11.5. The maximum Gasteiger partial charge on any atom is 0.253 e. The maximum atomic E-state index is 6.29. The van der Waals surface area contributed by atoms with E-state index in [0.29, 0.717) is 0 Å². The highest BCUT2D eigenvalue weighted by Crippen LogP contribution is 2.32. The number of halogens is 2. The second kappa shape index (κ2) is 5.98. The Labute approximate surface area is 124 Å². The van der Waals surface area contributed by atoms with Crippen molar-refractivity contribution >= 4 is 23.2 Å². The molecule has 19 heavy (non-hydrogen) atoms. The SMILES string of the molecule is CCC[n+]1ccn([C@@H](C)c2c(Cl)cccc2Cl)c1C. The van der Waals surface area contributed by atoms with Crippen molar-refractivity contribution in [2.75, 3.05) is 0 Å². The van der Waals surface area contributed by atoms with Gasteiger partial charge in [0.2, 0.25) is 0 Å². The molecule has 1 atom stereocenters. The molecule has 0 unspecified atom stereocenters. The molecule has 1 aromatic carbocycles. The molecule has 2 aromatic rings. The minimum atomic E-state index is 0.124. The van der Waals surface area contributed by atoms with E-state index in [1.54, 1.807) is 0 Å². The summed E-state index contributed by atoms with van der Waals surface area (Å²) in [7, 11) is 0. The third-order valence-corrected chi connectivity index (χ3v) is 4.15. The average Bonchev–Trinajstić information content (AvgIpc) is 2.71. The van der Waals surface area contributed by atoms with Gasteiger partial charge in [-0.25, -0.2) is 9.13 Å². The third-order valence-electron chi connectivity index (χ3n) is 3.50. The smallest absolute Gasteiger partial charge is 0.234 e. The fourth-order valence-electron chi connectivity index (χ4n) is 2.45. The van der Waals surface area contributed by atoms with Gasteiger partial charge in [-0.2, -0.15) is 0 Å². The molecule has 0 aliphatic rings. The second-order valence-corrected chi connectivity index (χ2v) is 5.57. The minimum Gasteiger partial charge on any atom is -0.234 e. The molecule has 2 rings (SSSR count). The van der Waals surface area contributed by atoms with Crippen molar-refractivity contribution in [3.63, 3.8) is 0 Å². The molecule has 1 aromatic heterocycles. The van der Waals surface area contributed by atoms with Crippen LogP contribution in [-0.4, -0.2) is 4.57 Å². The fourth-order valence-corrected chi connectivity index (χ4v) is 3.17. The van der Waals surface area contributed by atoms with E-state index in [1.807, 2.05) is 18.2 Å². The molecule has 0 saturated carbocycles. The Hall–Kier alpha value is -0.990. The Morgan fingerprint density at radius 2 is 1.89 bits per heavy atom. The molecule has 1 heterocycles. The van der Waals surface area contributed by atoms with Crippen molar-refractivity contribution in [3.05, 3.63) is 52.0 Å². The quantitative estimate of drug-likeness (QED) is 0.739. The number of benzene rings is 1. The van der Waals surface area contributed by atoms with Crippen LogP contribution in [0.2, 0.25) is 10.0 Å². The van der Waals surface area contributed by atoms with Crippen LogP contribution in [0.15, 0.2) is 30.6 Å². The van der Waals surface area contributed by atoms with Crippen LogP contribution in [0.3, 0.4) is 0 Å². The minimum absolute atomic E-state index is 0.124. The number of aryl methyl sites for hydroxylation is 1. The van der Waals surface area contributed by atoms with E-state index >= 15 is 0 Å². The molecule has 0 aliphatic heterocycles. The van der Waals surface area contributed by atoms with Crippen LogP contribution in [0.4, 0.5) is 0 Å². The standard InChI is InChI=1S/C15H19Cl2N2/c1-4-8-18-9-10-19(12(18)3)11(2)15-13(16)6-5-7-14(15)17/h5-7,9-11H,4,8H2,1-3H3/q+1/t11-/m0/s1. The Bertz CT molecular complexity index is 555. The van der Waals surface area contributed by atoms with Crippen molar-refractivity contribution in [3.8, 4) is 0 Å². The van der Waals surface area contributed by atoms with Crippen molar-refractivity contribution in [2.45, 2.75) is 39.8 Å². The predicted molar refractivity (Wildman–Crippen MR) is 79.9 cm³/mol. The zero-order valence-corrected chi connectivity index (χ0v) is 13.0. The van der Waals surface area contributed by atoms with Crippen LogP contribution in [0.25, 0.3) is 0 Å². The summed E-state index contributed by atoms with van der Waals surface area (Å²) in [5.41, 5.74) is 0.980. The summed E-state index contributed by atoms with van der Waals surface area (Å²) in [6, 6.07) is 5.77. The summed E-state index contributed by atoms with van der Waals surface area (Å²) in [6.07, 6.45) is 5.33. The first-order chi connectivity index (χ1) is 9.06. The first-order valence-electron chi connectivity index (χ1n) is 6.57. The molecule has 0 amide bonds. The van der Waals surface area contributed by atoms with Crippen molar-refractivity contribution in [2.24, 2.45) is 0 Å². The van der Waals surface area contributed by atoms with E-state index in [1.165, 1.54) is 5.82 Å². The number of rotatable bonds is 4. The highest BCUT2D eigenvalue weighted by atomic mass is 35.5. The van der Waals surface area contributed by atoms with E-state index in [4.69, 9.17) is 23.2 Å². The summed E-state index contributed by atoms with van der Waals surface area (Å²) in [5, 5.41) is 1.44. The van der Waals surface area contributed by atoms with Gasteiger partial charge >= 0.3 is 0 Å². The molecule has 4 heteroatoms. The normalized spacial score (nSPS) is 12.7. The van der Waals surface area contributed by atoms with E-state index in [-0.39, 0.29) is 6.04 Å². The lowest BCUT2D eigenvalue weighted by molar-refractivity contribution is -0.702. The Balaban J connectivity index is 2.42. The van der Waals surface area contributed by atoms with E-state index < -0.39 is 0 Å². The second-order valence-electron chi connectivity index (χ2n) is 4.76. The van der Waals surface area contributed by atoms with Crippen LogP contribution >= 0.6 is 23.2 Å². The van der Waals surface area contributed by atoms with Gasteiger partial charge in [0.15, 0.2) is 0 Å². The van der Waals surface area contributed by atoms with Gasteiger partial charge in [0.05, 0.1) is 6.54 Å². The highest BCUT2D eigenvalue weighted by Gasteiger charge is 2.22. The van der Waals surface area contributed by atoms with E-state index in [2.05, 4.69) is 42.3 Å². The average molecular weight is 298 g/mol. The zero-order chi connectivity index (χ0) is 14.0. The fraction of sp³-hybridized carbons (Fsp3) is 0.400. The van der Waals surface area contributed by atoms with Gasteiger partial charge in [-0.05, 0) is 25.5 Å². The van der Waals surface area contributed by atoms with E-state index in [0.717, 1.165) is 28.6 Å². The first-order valence-corrected chi connectivity index (χ1v) is 7.32. The topological polar surface area (TPSA) is 8.81 Å². The Kier molecular flexibility index (Phi) is 4.54. The third kappa shape index (κ3) is 2.80. The van der Waals surface area contributed by atoms with Crippen LogP contribution in [0.5, 0.6) is 0 Å². The molecule has 0 spiro atoms. The number of hydrogen-bond donors (Lipinski definition) is 0. The molecule has 0 saturated heterocycles. The highest BCUT2D eigenvalue weighted by molar-refractivity contribution is 6.36. The summed E-state index contributed by atoms with van der Waals surface area (Å²) in [6.45, 7) is 7.45. The van der Waals surface area contributed by atoms with Gasteiger partial charge in [0, 0.05) is 22.5 Å². The first kappa shape index (κ1) is 14.4. The lowest BCUT2D eigenvalue weighted by Crippen LogP contribution is -2.35. The molecule has 0 fully saturated rings. The molecular formula is C15H19Cl2N2+. The molecule has 0 N–H and O–H groups in total. The Morgan fingerprint density at radius 1 is 1.26 bits per heavy atom. The van der Waals surface area contributed by atoms with Crippen LogP contribution < -0.4 is 4.57 Å². The van der Waals surface area contributed by atoms with E-state index in [9.17, 15) is 0 Å². The largest absolute Gasteiger partial charge is 0.253 e.